The van der Waals surface area contributed by atoms with Gasteiger partial charge in [-0.15, -0.1) is 0 Å². The number of aliphatic hydroxyl groups is 1. The molecular formula is C17H30O2. The number of carbonyl (C=O) groups excluding carboxylic acids is 1. The molecule has 2 aliphatic rings. The van der Waals surface area contributed by atoms with Crippen molar-refractivity contribution in [1.29, 1.82) is 0 Å². The fraction of sp³-hybridized carbons (Fsp3) is 0.941. The first-order valence-corrected chi connectivity index (χ1v) is 8.16. The van der Waals surface area contributed by atoms with E-state index in [1.165, 1.54) is 19.3 Å². The average molecular weight is 266 g/mol. The van der Waals surface area contributed by atoms with E-state index >= 15 is 0 Å². The van der Waals surface area contributed by atoms with Gasteiger partial charge in [-0.2, -0.15) is 0 Å². The summed E-state index contributed by atoms with van der Waals surface area (Å²) in [4.78, 5) is 12.1. The lowest BCUT2D eigenvalue weighted by molar-refractivity contribution is -0.130. The molecule has 0 bridgehead atoms. The number of rotatable bonds is 5. The maximum atomic E-state index is 12.1. The van der Waals surface area contributed by atoms with E-state index in [0.29, 0.717) is 17.6 Å². The van der Waals surface area contributed by atoms with Crippen molar-refractivity contribution in [2.24, 2.45) is 23.2 Å². The third-order valence-electron chi connectivity index (χ3n) is 5.90. The number of ketones is 1. The van der Waals surface area contributed by atoms with E-state index in [4.69, 9.17) is 0 Å². The predicted molar refractivity (Wildman–Crippen MR) is 77.9 cm³/mol. The number of aliphatic hydroxyl groups excluding tert-OH is 1. The molecule has 0 aliphatic heterocycles. The van der Waals surface area contributed by atoms with Crippen molar-refractivity contribution in [2.75, 3.05) is 0 Å². The number of fused-ring (bicyclic) bond motifs is 1. The molecule has 2 rings (SSSR count). The zero-order chi connectivity index (χ0) is 14.0. The normalized spacial score (nSPS) is 38.0. The standard InChI is InChI=1S/C17H30O2/c1-12(6-4-7-13(2)18)14-9-10-15-16(19)8-5-11-17(14,15)3/h12-15,18H,4-11H2,1-3H3. The van der Waals surface area contributed by atoms with Crippen LogP contribution in [0.1, 0.15) is 72.1 Å². The Morgan fingerprint density at radius 3 is 2.74 bits per heavy atom. The second kappa shape index (κ2) is 5.95. The summed E-state index contributed by atoms with van der Waals surface area (Å²) >= 11 is 0. The number of carbonyl (C=O) groups is 1. The summed E-state index contributed by atoms with van der Waals surface area (Å²) in [5.41, 5.74) is 0.277. The van der Waals surface area contributed by atoms with Crippen molar-refractivity contribution in [2.45, 2.75) is 78.2 Å². The molecule has 0 spiro atoms. The molecule has 0 heterocycles. The Morgan fingerprint density at radius 2 is 2.05 bits per heavy atom. The van der Waals surface area contributed by atoms with E-state index in [2.05, 4.69) is 13.8 Å². The molecule has 0 amide bonds. The Balaban J connectivity index is 1.95. The lowest BCUT2D eigenvalue weighted by atomic mass is 9.62. The zero-order valence-electron chi connectivity index (χ0n) is 12.8. The van der Waals surface area contributed by atoms with Gasteiger partial charge in [0.15, 0.2) is 0 Å². The molecule has 19 heavy (non-hydrogen) atoms. The molecule has 0 aromatic carbocycles. The van der Waals surface area contributed by atoms with Crippen LogP contribution < -0.4 is 0 Å². The summed E-state index contributed by atoms with van der Waals surface area (Å²) in [7, 11) is 0. The van der Waals surface area contributed by atoms with Crippen LogP contribution in [0, 0.1) is 23.2 Å². The highest BCUT2D eigenvalue weighted by Gasteiger charge is 2.52. The van der Waals surface area contributed by atoms with Crippen molar-refractivity contribution < 1.29 is 9.90 Å². The molecule has 5 unspecified atom stereocenters. The van der Waals surface area contributed by atoms with Crippen molar-refractivity contribution in [3.8, 4) is 0 Å². The minimum atomic E-state index is -0.171. The van der Waals surface area contributed by atoms with Gasteiger partial charge in [-0.05, 0) is 56.3 Å². The first-order chi connectivity index (χ1) is 8.95. The van der Waals surface area contributed by atoms with Crippen LogP contribution in [0.2, 0.25) is 0 Å². The number of hydrogen-bond acceptors (Lipinski definition) is 2. The van der Waals surface area contributed by atoms with Gasteiger partial charge in [-0.3, -0.25) is 4.79 Å². The Morgan fingerprint density at radius 1 is 1.32 bits per heavy atom. The van der Waals surface area contributed by atoms with Crippen LogP contribution in [-0.4, -0.2) is 17.0 Å². The molecule has 2 fully saturated rings. The number of Topliss-reactive ketones (excluding diaryl/α,β-unsaturated/α-hetero) is 1. The number of hydrogen-bond donors (Lipinski definition) is 1. The van der Waals surface area contributed by atoms with E-state index in [1.54, 1.807) is 0 Å². The Kier molecular flexibility index (Phi) is 4.70. The summed E-state index contributed by atoms with van der Waals surface area (Å²) < 4.78 is 0. The van der Waals surface area contributed by atoms with Gasteiger partial charge in [0.2, 0.25) is 0 Å². The molecule has 0 radical (unpaired) electrons. The second-order valence-electron chi connectivity index (χ2n) is 7.32. The smallest absolute Gasteiger partial charge is 0.136 e. The summed E-state index contributed by atoms with van der Waals surface area (Å²) in [5, 5.41) is 9.36. The molecule has 5 atom stereocenters. The van der Waals surface area contributed by atoms with Crippen LogP contribution in [0.15, 0.2) is 0 Å². The average Bonchev–Trinajstić information content (AvgIpc) is 2.67. The molecular weight excluding hydrogens is 236 g/mol. The summed E-state index contributed by atoms with van der Waals surface area (Å²) in [5.74, 6) is 2.30. The fourth-order valence-electron chi connectivity index (χ4n) is 4.84. The lowest BCUT2D eigenvalue weighted by Gasteiger charge is -2.42. The van der Waals surface area contributed by atoms with Gasteiger partial charge >= 0.3 is 0 Å². The monoisotopic (exact) mass is 266 g/mol. The van der Waals surface area contributed by atoms with E-state index in [-0.39, 0.29) is 11.5 Å². The van der Waals surface area contributed by atoms with Gasteiger partial charge in [0.25, 0.3) is 0 Å². The van der Waals surface area contributed by atoms with Crippen LogP contribution in [0.25, 0.3) is 0 Å². The van der Waals surface area contributed by atoms with Gasteiger partial charge in [0, 0.05) is 12.3 Å². The molecule has 2 nitrogen and oxygen atoms in total. The van der Waals surface area contributed by atoms with Crippen LogP contribution in [0.3, 0.4) is 0 Å². The van der Waals surface area contributed by atoms with Gasteiger partial charge in [-0.25, -0.2) is 0 Å². The first-order valence-electron chi connectivity index (χ1n) is 8.16. The summed E-state index contributed by atoms with van der Waals surface area (Å²) in [6.07, 6.45) is 8.59. The van der Waals surface area contributed by atoms with Crippen LogP contribution >= 0.6 is 0 Å². The molecule has 2 saturated carbocycles. The van der Waals surface area contributed by atoms with E-state index < -0.39 is 0 Å². The van der Waals surface area contributed by atoms with Crippen LogP contribution in [-0.2, 0) is 4.79 Å². The Bertz CT molecular complexity index is 323. The minimum Gasteiger partial charge on any atom is -0.393 e. The highest BCUT2D eigenvalue weighted by molar-refractivity contribution is 5.83. The van der Waals surface area contributed by atoms with Gasteiger partial charge in [-0.1, -0.05) is 26.7 Å². The second-order valence-corrected chi connectivity index (χ2v) is 7.32. The van der Waals surface area contributed by atoms with E-state index in [0.717, 1.165) is 38.0 Å². The largest absolute Gasteiger partial charge is 0.393 e. The Labute approximate surface area is 118 Å². The Hall–Kier alpha value is -0.370. The molecule has 0 aromatic rings. The zero-order valence-corrected chi connectivity index (χ0v) is 12.8. The molecule has 0 saturated heterocycles. The van der Waals surface area contributed by atoms with Gasteiger partial charge in [0.1, 0.15) is 5.78 Å². The quantitative estimate of drug-likeness (QED) is 0.818. The summed E-state index contributed by atoms with van der Waals surface area (Å²) in [6.45, 7) is 6.61. The van der Waals surface area contributed by atoms with Gasteiger partial charge < -0.3 is 5.11 Å². The van der Waals surface area contributed by atoms with Crippen molar-refractivity contribution in [1.82, 2.24) is 0 Å². The molecule has 110 valence electrons. The first kappa shape index (κ1) is 15.0. The highest BCUT2D eigenvalue weighted by atomic mass is 16.3. The van der Waals surface area contributed by atoms with Crippen LogP contribution in [0.4, 0.5) is 0 Å². The highest BCUT2D eigenvalue weighted by Crippen LogP contribution is 2.57. The maximum Gasteiger partial charge on any atom is 0.136 e. The van der Waals surface area contributed by atoms with Crippen molar-refractivity contribution >= 4 is 5.78 Å². The maximum absolute atomic E-state index is 12.1. The predicted octanol–water partition coefficient (Wildman–Crippen LogP) is 3.96. The van der Waals surface area contributed by atoms with Crippen molar-refractivity contribution in [3.63, 3.8) is 0 Å². The molecule has 2 heteroatoms. The third-order valence-corrected chi connectivity index (χ3v) is 5.90. The SMILES string of the molecule is CC(O)CCCC(C)C1CCC2C(=O)CCCC21C. The van der Waals surface area contributed by atoms with Gasteiger partial charge in [0.05, 0.1) is 6.10 Å². The summed E-state index contributed by atoms with van der Waals surface area (Å²) in [6, 6.07) is 0. The lowest BCUT2D eigenvalue weighted by Crippen LogP contribution is -2.39. The van der Waals surface area contributed by atoms with E-state index in [1.807, 2.05) is 6.92 Å². The van der Waals surface area contributed by atoms with Crippen molar-refractivity contribution in [3.05, 3.63) is 0 Å². The minimum absolute atomic E-state index is 0.171. The van der Waals surface area contributed by atoms with E-state index in [9.17, 15) is 9.90 Å². The third kappa shape index (κ3) is 3.04. The fourth-order valence-corrected chi connectivity index (χ4v) is 4.84. The molecule has 1 N–H and O–H groups in total. The topological polar surface area (TPSA) is 37.3 Å². The molecule has 2 aliphatic carbocycles. The molecule has 0 aromatic heterocycles. The van der Waals surface area contributed by atoms with Crippen LogP contribution in [0.5, 0.6) is 0 Å².